The third kappa shape index (κ3) is 3.73. The molecule has 3 aromatic rings. The fraction of sp³-hybridized carbons (Fsp3) is 0.200. The number of H-pyrrole nitrogens is 1. The van der Waals surface area contributed by atoms with Crippen molar-refractivity contribution in [1.29, 1.82) is 0 Å². The largest absolute Gasteiger partial charge is 0.573 e. The van der Waals surface area contributed by atoms with E-state index in [0.717, 1.165) is 11.6 Å². The minimum Gasteiger partial charge on any atom is -0.405 e. The molecule has 0 saturated carbocycles. The van der Waals surface area contributed by atoms with Crippen molar-refractivity contribution in [1.82, 2.24) is 15.0 Å². The number of aromatic nitrogens is 3. The third-order valence-electron chi connectivity index (χ3n) is 3.20. The van der Waals surface area contributed by atoms with Crippen LogP contribution in [0.3, 0.4) is 0 Å². The van der Waals surface area contributed by atoms with Gasteiger partial charge >= 0.3 is 6.36 Å². The predicted molar refractivity (Wildman–Crippen MR) is 81.9 cm³/mol. The minimum atomic E-state index is -4.79. The highest BCUT2D eigenvalue weighted by Gasteiger charge is 2.32. The Morgan fingerprint density at radius 3 is 2.75 bits per heavy atom. The molecule has 0 radical (unpaired) electrons. The van der Waals surface area contributed by atoms with Crippen molar-refractivity contribution in [3.63, 3.8) is 0 Å². The molecule has 24 heavy (non-hydrogen) atoms. The van der Waals surface area contributed by atoms with Crippen LogP contribution in [0.5, 0.6) is 5.75 Å². The van der Waals surface area contributed by atoms with Crippen LogP contribution in [0.15, 0.2) is 41.7 Å². The fourth-order valence-electron chi connectivity index (χ4n) is 2.10. The van der Waals surface area contributed by atoms with E-state index >= 15 is 0 Å². The molecule has 0 bridgehead atoms. The molecule has 1 aromatic carbocycles. The summed E-state index contributed by atoms with van der Waals surface area (Å²) < 4.78 is 53.5. The Balaban J connectivity index is 1.82. The number of aromatic amines is 1. The van der Waals surface area contributed by atoms with Gasteiger partial charge in [0.05, 0.1) is 33.3 Å². The lowest BCUT2D eigenvalue weighted by atomic mass is 10.2. The van der Waals surface area contributed by atoms with Crippen molar-refractivity contribution < 1.29 is 22.1 Å². The van der Waals surface area contributed by atoms with Crippen molar-refractivity contribution >= 4 is 21.8 Å². The average molecular weight is 355 g/mol. The van der Waals surface area contributed by atoms with Gasteiger partial charge in [0.25, 0.3) is 0 Å². The number of hydrogen-bond acceptors (Lipinski definition) is 4. The molecule has 2 aromatic heterocycles. The zero-order valence-corrected chi connectivity index (χ0v) is 13.2. The van der Waals surface area contributed by atoms with E-state index < -0.39 is 17.2 Å². The van der Waals surface area contributed by atoms with Crippen LogP contribution >= 0.6 is 0 Å². The molecule has 1 N–H and O–H groups in total. The monoisotopic (exact) mass is 355 g/mol. The standard InChI is InChI=1S/C15H12F3N3O2S/c1-9-7-19-10(6-13(9)23-15(16,17)18)8-24(22)14-20-11-4-2-3-5-12(11)21-14/h2-7H,8H2,1H3,(H,20,21). The molecule has 0 fully saturated rings. The lowest BCUT2D eigenvalue weighted by Gasteiger charge is -2.12. The van der Waals surface area contributed by atoms with Crippen LogP contribution in [-0.2, 0) is 16.6 Å². The molecule has 1 atom stereocenters. The molecule has 5 nitrogen and oxygen atoms in total. The number of alkyl halides is 3. The Morgan fingerprint density at radius 1 is 1.29 bits per heavy atom. The molecule has 2 heterocycles. The smallest absolute Gasteiger partial charge is 0.405 e. The number of benzene rings is 1. The zero-order valence-electron chi connectivity index (χ0n) is 12.4. The van der Waals surface area contributed by atoms with Crippen molar-refractivity contribution in [2.24, 2.45) is 0 Å². The number of imidazole rings is 1. The second kappa shape index (κ2) is 6.23. The second-order valence-electron chi connectivity index (χ2n) is 5.04. The summed E-state index contributed by atoms with van der Waals surface area (Å²) in [5.74, 6) is -0.428. The average Bonchev–Trinajstić information content (AvgIpc) is 2.93. The minimum absolute atomic E-state index is 0.0751. The molecule has 1 unspecified atom stereocenters. The van der Waals surface area contributed by atoms with Crippen molar-refractivity contribution in [3.05, 3.63) is 47.8 Å². The maximum atomic E-state index is 12.4. The van der Waals surface area contributed by atoms with Crippen LogP contribution < -0.4 is 4.74 Å². The van der Waals surface area contributed by atoms with E-state index in [1.165, 1.54) is 13.1 Å². The molecule has 0 aliphatic carbocycles. The molecule has 3 rings (SSSR count). The number of pyridine rings is 1. The van der Waals surface area contributed by atoms with Crippen LogP contribution in [0, 0.1) is 6.92 Å². The van der Waals surface area contributed by atoms with Gasteiger partial charge in [0.15, 0.2) is 5.16 Å². The van der Waals surface area contributed by atoms with Crippen LogP contribution in [0.4, 0.5) is 13.2 Å². The van der Waals surface area contributed by atoms with E-state index in [4.69, 9.17) is 0 Å². The predicted octanol–water partition coefficient (Wildman–Crippen LogP) is 3.47. The summed E-state index contributed by atoms with van der Waals surface area (Å²) in [6.07, 6.45) is -3.53. The van der Waals surface area contributed by atoms with E-state index in [-0.39, 0.29) is 27.9 Å². The van der Waals surface area contributed by atoms with Gasteiger partial charge in [0.1, 0.15) is 5.75 Å². The summed E-state index contributed by atoms with van der Waals surface area (Å²) in [7, 11) is -1.57. The van der Waals surface area contributed by atoms with Gasteiger partial charge in [-0.15, -0.1) is 13.2 Å². The molecule has 0 saturated heterocycles. The van der Waals surface area contributed by atoms with E-state index in [9.17, 15) is 17.4 Å². The number of nitrogens with one attached hydrogen (secondary N) is 1. The van der Waals surface area contributed by atoms with Gasteiger partial charge in [-0.1, -0.05) is 12.1 Å². The normalized spacial score (nSPS) is 13.2. The van der Waals surface area contributed by atoms with Gasteiger partial charge in [-0.2, -0.15) is 0 Å². The molecule has 0 spiro atoms. The van der Waals surface area contributed by atoms with E-state index in [0.29, 0.717) is 5.52 Å². The fourth-order valence-corrected chi connectivity index (χ4v) is 3.09. The molecule has 9 heteroatoms. The Kier molecular flexibility index (Phi) is 4.27. The summed E-state index contributed by atoms with van der Waals surface area (Å²) >= 11 is 0. The molecule has 0 aliphatic rings. The van der Waals surface area contributed by atoms with Gasteiger partial charge < -0.3 is 9.72 Å². The Labute approximate surface area is 137 Å². The summed E-state index contributed by atoms with van der Waals surface area (Å²) in [5.41, 5.74) is 1.86. The SMILES string of the molecule is Cc1cnc(CS(=O)c2nc3ccccc3[nH]2)cc1OC(F)(F)F. The number of fused-ring (bicyclic) bond motifs is 1. The van der Waals surface area contributed by atoms with Gasteiger partial charge in [-0.25, -0.2) is 4.98 Å². The molecule has 126 valence electrons. The summed E-state index contributed by atoms with van der Waals surface area (Å²) in [4.78, 5) is 11.1. The number of para-hydroxylation sites is 2. The molecule has 0 amide bonds. The first-order chi connectivity index (χ1) is 11.3. The first-order valence-corrected chi connectivity index (χ1v) is 8.18. The number of nitrogens with zero attached hydrogens (tertiary/aromatic N) is 2. The first-order valence-electron chi connectivity index (χ1n) is 6.86. The molecular formula is C15H12F3N3O2S. The van der Waals surface area contributed by atoms with Gasteiger partial charge in [-0.05, 0) is 19.1 Å². The summed E-state index contributed by atoms with van der Waals surface area (Å²) in [6, 6.07) is 8.32. The lowest BCUT2D eigenvalue weighted by Crippen LogP contribution is -2.18. The van der Waals surface area contributed by atoms with Crippen molar-refractivity contribution in [2.75, 3.05) is 0 Å². The van der Waals surface area contributed by atoms with Crippen molar-refractivity contribution in [3.8, 4) is 5.75 Å². The van der Waals surface area contributed by atoms with Gasteiger partial charge in [0, 0.05) is 17.8 Å². The topological polar surface area (TPSA) is 67.9 Å². The number of aryl methyl sites for hydroxylation is 1. The van der Waals surface area contributed by atoms with E-state index in [2.05, 4.69) is 19.7 Å². The third-order valence-corrected chi connectivity index (χ3v) is 4.38. The summed E-state index contributed by atoms with van der Waals surface area (Å²) in [5, 5.41) is 0.247. The number of rotatable bonds is 4. The number of hydrogen-bond donors (Lipinski definition) is 1. The highest BCUT2D eigenvalue weighted by atomic mass is 32.2. The first kappa shape index (κ1) is 16.4. The van der Waals surface area contributed by atoms with Crippen LogP contribution in [0.25, 0.3) is 11.0 Å². The highest BCUT2D eigenvalue weighted by Crippen LogP contribution is 2.26. The zero-order chi connectivity index (χ0) is 17.3. The Hall–Kier alpha value is -2.42. The molecule has 0 aliphatic heterocycles. The highest BCUT2D eigenvalue weighted by molar-refractivity contribution is 7.84. The van der Waals surface area contributed by atoms with Gasteiger partial charge in [0.2, 0.25) is 0 Å². The Morgan fingerprint density at radius 2 is 2.04 bits per heavy atom. The number of halogens is 3. The van der Waals surface area contributed by atoms with E-state index in [1.54, 1.807) is 18.2 Å². The van der Waals surface area contributed by atoms with Crippen LogP contribution in [0.2, 0.25) is 0 Å². The number of ether oxygens (including phenoxy) is 1. The quantitative estimate of drug-likeness (QED) is 0.778. The van der Waals surface area contributed by atoms with Crippen LogP contribution in [-0.4, -0.2) is 25.5 Å². The van der Waals surface area contributed by atoms with Crippen molar-refractivity contribution in [2.45, 2.75) is 24.2 Å². The Bertz CT molecular complexity index is 875. The maximum absolute atomic E-state index is 12.4. The maximum Gasteiger partial charge on any atom is 0.573 e. The molecular weight excluding hydrogens is 343 g/mol. The lowest BCUT2D eigenvalue weighted by molar-refractivity contribution is -0.274. The van der Waals surface area contributed by atoms with E-state index in [1.807, 2.05) is 6.07 Å². The summed E-state index contributed by atoms with van der Waals surface area (Å²) in [6.45, 7) is 1.45. The second-order valence-corrected chi connectivity index (χ2v) is 6.40. The van der Waals surface area contributed by atoms with Gasteiger partial charge in [-0.3, -0.25) is 9.19 Å². The van der Waals surface area contributed by atoms with Crippen LogP contribution in [0.1, 0.15) is 11.3 Å².